The van der Waals surface area contributed by atoms with Crippen molar-refractivity contribution in [1.82, 2.24) is 52.8 Å². The van der Waals surface area contributed by atoms with Crippen LogP contribution < -0.4 is 53.6 Å². The van der Waals surface area contributed by atoms with Crippen molar-refractivity contribution in [3.8, 4) is 0 Å². The van der Waals surface area contributed by atoms with Crippen LogP contribution in [0.2, 0.25) is 0 Å². The molecule has 0 aromatic heterocycles. The highest BCUT2D eigenvalue weighted by Gasteiger charge is 2.42. The quantitative estimate of drug-likeness (QED) is 0.0298. The number of nitrogens with zero attached hydrogens (tertiary/aromatic N) is 1. The van der Waals surface area contributed by atoms with Gasteiger partial charge in [-0.05, 0) is 56.9 Å². The third kappa shape index (κ3) is 21.6. The van der Waals surface area contributed by atoms with Crippen molar-refractivity contribution in [3.05, 3.63) is 0 Å². The molecule has 0 aromatic carbocycles. The Labute approximate surface area is 428 Å². The molecule has 0 unspecified atom stereocenters. The molecule has 2 saturated heterocycles. The molecule has 2 rings (SSSR count). The lowest BCUT2D eigenvalue weighted by Crippen LogP contribution is -2.61. The largest absolute Gasteiger partial charge is 0.481 e. The highest BCUT2D eigenvalue weighted by molar-refractivity contribution is 6.00. The highest BCUT2D eigenvalue weighted by atomic mass is 16.4. The van der Waals surface area contributed by atoms with Crippen molar-refractivity contribution in [2.75, 3.05) is 19.6 Å². The zero-order valence-electron chi connectivity index (χ0n) is 41.6. The first-order valence-corrected chi connectivity index (χ1v) is 23.8. The summed E-state index contributed by atoms with van der Waals surface area (Å²) in [5.74, 6) is -20.2. The number of likely N-dealkylation sites (tertiary alicyclic amines) is 1. The van der Waals surface area contributed by atoms with E-state index in [2.05, 4.69) is 26.6 Å². The average Bonchev–Trinajstić information content (AvgIpc) is 4.04. The second-order valence-corrected chi connectivity index (χ2v) is 18.4. The molecule has 2 heterocycles. The van der Waals surface area contributed by atoms with Gasteiger partial charge in [0.25, 0.3) is 0 Å². The van der Waals surface area contributed by atoms with Gasteiger partial charge in [-0.15, -0.1) is 0 Å². The van der Waals surface area contributed by atoms with Crippen LogP contribution in [0.25, 0.3) is 0 Å². The Morgan fingerprint density at radius 3 is 1.37 bits per heavy atom. The number of nitrogens with one attached hydrogen (secondary N) is 9. The minimum Gasteiger partial charge on any atom is -0.481 e. The van der Waals surface area contributed by atoms with Crippen LogP contribution in [0.5, 0.6) is 0 Å². The number of carbonyl (C=O) groups excluding carboxylic acids is 10. The number of carbonyl (C=O) groups is 15. The van der Waals surface area contributed by atoms with Crippen molar-refractivity contribution in [3.63, 3.8) is 0 Å². The number of hydrogen-bond donors (Lipinski definition) is 15. The molecule has 0 aromatic rings. The molecule has 0 saturated carbocycles. The smallest absolute Gasteiger partial charge is 0.322 e. The predicted octanol–water partition coefficient (Wildman–Crippen LogP) is -5.81. The Kier molecular flexibility index (Phi) is 25.5. The molecular weight excluding hydrogens is 1000 g/mol. The van der Waals surface area contributed by atoms with E-state index in [-0.39, 0.29) is 24.8 Å². The van der Waals surface area contributed by atoms with Crippen molar-refractivity contribution >= 4 is 88.9 Å². The van der Waals surface area contributed by atoms with E-state index in [1.807, 2.05) is 21.3 Å². The van der Waals surface area contributed by atoms with Crippen LogP contribution in [0.15, 0.2) is 0 Å². The van der Waals surface area contributed by atoms with Gasteiger partial charge in [0.2, 0.25) is 59.1 Å². The maximum Gasteiger partial charge on any atom is 0.322 e. The van der Waals surface area contributed by atoms with Crippen molar-refractivity contribution < 1.29 is 97.5 Å². The average molecular weight is 1070 g/mol. The molecular formula is C44H67N11O20. The minimum absolute atomic E-state index is 0.141. The maximum absolute atomic E-state index is 13.9. The second kappa shape index (κ2) is 30.3. The van der Waals surface area contributed by atoms with Crippen molar-refractivity contribution in [2.24, 2.45) is 17.6 Å². The van der Waals surface area contributed by atoms with Gasteiger partial charge < -0.3 is 84.0 Å². The van der Waals surface area contributed by atoms with E-state index < -0.39 is 195 Å². The summed E-state index contributed by atoms with van der Waals surface area (Å²) in [4.78, 5) is 192. The zero-order chi connectivity index (χ0) is 56.9. The molecule has 31 heteroatoms. The van der Waals surface area contributed by atoms with Gasteiger partial charge in [0.05, 0.1) is 25.3 Å². The molecule has 0 bridgehead atoms. The standard InChI is InChI=1S/C44H67N11O20/c1-19(2)34(53-42(73)27-8-6-14-55(27)44(75)35(20(3)4)54-37(68)21-7-5-13-46-21)43(74)52-26(17-32(63)64)41(72)49-23(10-12-30(59)60)38(69)50-24(15-28(45)56)39(70)51-25(16-31(61)62)40(71)48-22(9-11-29(57)58)36(67)47-18-33(65)66/h19-27,34-35,46H,5-18H2,1-4H3,(H2,45,56)(H,47,67)(H,48,71)(H,49,72)(H,50,69)(H,51,70)(H,52,74)(H,53,73)(H,54,68)(H,57,58)(H,59,60)(H,61,62)(H,63,64)(H,65,66)/t21-,22-,23-,24-,25-,26-,27-,34-,35-/m0/s1. The highest BCUT2D eigenvalue weighted by Crippen LogP contribution is 2.22. The monoisotopic (exact) mass is 1070 g/mol. The number of primary amides is 1. The van der Waals surface area contributed by atoms with Crippen LogP contribution >= 0.6 is 0 Å². The summed E-state index contributed by atoms with van der Waals surface area (Å²) in [6.07, 6.45) is -4.69. The Bertz CT molecular complexity index is 2180. The van der Waals surface area contributed by atoms with Crippen LogP contribution in [-0.4, -0.2) is 193 Å². The molecule has 9 atom stereocenters. The molecule has 2 aliphatic heterocycles. The topological polar surface area (TPSA) is 495 Å². The third-order valence-electron chi connectivity index (χ3n) is 11.7. The number of carboxylic acid groups (broad SMARTS) is 5. The zero-order valence-corrected chi connectivity index (χ0v) is 41.6. The van der Waals surface area contributed by atoms with E-state index in [0.29, 0.717) is 19.4 Å². The summed E-state index contributed by atoms with van der Waals surface area (Å²) < 4.78 is 0. The van der Waals surface area contributed by atoms with E-state index in [9.17, 15) is 87.2 Å². The number of rotatable bonds is 32. The molecule has 0 aliphatic carbocycles. The van der Waals surface area contributed by atoms with Crippen LogP contribution in [0.1, 0.15) is 98.3 Å². The summed E-state index contributed by atoms with van der Waals surface area (Å²) in [6.45, 7) is 6.24. The number of aliphatic carboxylic acids is 5. The molecule has 2 aliphatic rings. The number of amides is 10. The Morgan fingerprint density at radius 2 is 0.947 bits per heavy atom. The first kappa shape index (κ1) is 63.1. The van der Waals surface area contributed by atoms with E-state index in [0.717, 1.165) is 6.42 Å². The normalized spacial score (nSPS) is 17.8. The molecule has 0 radical (unpaired) electrons. The minimum atomic E-state index is -2.15. The van der Waals surface area contributed by atoms with E-state index in [1.165, 1.54) is 18.7 Å². The maximum atomic E-state index is 13.9. The molecule has 10 amide bonds. The van der Waals surface area contributed by atoms with Crippen LogP contribution in [0, 0.1) is 11.8 Å². The summed E-state index contributed by atoms with van der Waals surface area (Å²) >= 11 is 0. The first-order chi connectivity index (χ1) is 35.0. The molecule has 75 heavy (non-hydrogen) atoms. The summed E-state index contributed by atoms with van der Waals surface area (Å²) in [5, 5.41) is 67.2. The molecule has 16 N–H and O–H groups in total. The lowest BCUT2D eigenvalue weighted by atomic mass is 10.00. The van der Waals surface area contributed by atoms with Crippen LogP contribution in [0.3, 0.4) is 0 Å². The fraction of sp³-hybridized carbons (Fsp3) is 0.659. The number of carboxylic acids is 5. The van der Waals surface area contributed by atoms with Gasteiger partial charge in [-0.25, -0.2) is 0 Å². The van der Waals surface area contributed by atoms with E-state index in [1.54, 1.807) is 13.8 Å². The van der Waals surface area contributed by atoms with Gasteiger partial charge in [-0.2, -0.15) is 0 Å². The predicted molar refractivity (Wildman–Crippen MR) is 252 cm³/mol. The lowest BCUT2D eigenvalue weighted by Gasteiger charge is -2.32. The molecule has 31 nitrogen and oxygen atoms in total. The van der Waals surface area contributed by atoms with Gasteiger partial charge in [0.1, 0.15) is 54.9 Å². The van der Waals surface area contributed by atoms with Gasteiger partial charge in [0, 0.05) is 19.4 Å². The van der Waals surface area contributed by atoms with E-state index >= 15 is 0 Å². The van der Waals surface area contributed by atoms with Gasteiger partial charge in [-0.3, -0.25) is 71.9 Å². The Balaban J connectivity index is 2.35. The van der Waals surface area contributed by atoms with Gasteiger partial charge in [-0.1, -0.05) is 27.7 Å². The number of nitrogens with two attached hydrogens (primary N) is 1. The summed E-state index contributed by atoms with van der Waals surface area (Å²) in [5.41, 5.74) is 5.28. The number of hydrogen-bond acceptors (Lipinski definition) is 16. The molecule has 0 spiro atoms. The summed E-state index contributed by atoms with van der Waals surface area (Å²) in [7, 11) is 0. The lowest BCUT2D eigenvalue weighted by molar-refractivity contribution is -0.144. The fourth-order valence-corrected chi connectivity index (χ4v) is 7.83. The second-order valence-electron chi connectivity index (χ2n) is 18.4. The third-order valence-corrected chi connectivity index (χ3v) is 11.7. The van der Waals surface area contributed by atoms with Gasteiger partial charge in [0.15, 0.2) is 0 Å². The van der Waals surface area contributed by atoms with E-state index in [4.69, 9.17) is 15.9 Å². The SMILES string of the molecule is CC(C)[C@H](NC(=O)[C@@H]1CCCN1C(=O)[C@@H](NC(=O)[C@@H]1CCCN1)C(C)C)C(=O)N[C@@H](CC(=O)O)C(=O)N[C@@H](CCC(=O)O)C(=O)N[C@@H](CC(N)=O)C(=O)N[C@@H](CC(=O)O)C(=O)N[C@@H](CCC(=O)O)C(=O)NCC(=O)O. The first-order valence-electron chi connectivity index (χ1n) is 23.8. The fourth-order valence-electron chi connectivity index (χ4n) is 7.83. The Morgan fingerprint density at radius 1 is 0.507 bits per heavy atom. The van der Waals surface area contributed by atoms with Gasteiger partial charge >= 0.3 is 29.8 Å². The molecule has 418 valence electrons. The summed E-state index contributed by atoms with van der Waals surface area (Å²) in [6, 6.07) is -14.2. The van der Waals surface area contributed by atoms with Crippen molar-refractivity contribution in [1.29, 1.82) is 0 Å². The van der Waals surface area contributed by atoms with Crippen molar-refractivity contribution in [2.45, 2.75) is 153 Å². The Hall–Kier alpha value is -7.99. The molecule has 2 fully saturated rings. The van der Waals surface area contributed by atoms with Crippen LogP contribution in [-0.2, 0) is 71.9 Å². The van der Waals surface area contributed by atoms with Crippen LogP contribution in [0.4, 0.5) is 0 Å².